The second-order valence-electron chi connectivity index (χ2n) is 4.61. The molecule has 0 amide bonds. The number of pyridine rings is 1. The Morgan fingerprint density at radius 2 is 1.90 bits per heavy atom. The zero-order valence-corrected chi connectivity index (χ0v) is 10.6. The van der Waals surface area contributed by atoms with Crippen LogP contribution >= 0.6 is 0 Å². The van der Waals surface area contributed by atoms with Crippen molar-refractivity contribution < 1.29 is 4.74 Å². The molecule has 5 heteroatoms. The molecule has 3 aromatic rings. The first-order chi connectivity index (χ1) is 9.86. The number of nitrogens with zero attached hydrogens (tertiary/aromatic N) is 3. The van der Waals surface area contributed by atoms with Gasteiger partial charge in [0, 0.05) is 18.8 Å². The molecule has 0 spiro atoms. The summed E-state index contributed by atoms with van der Waals surface area (Å²) in [5.41, 5.74) is 2.44. The Bertz CT molecular complexity index is 856. The van der Waals surface area contributed by atoms with E-state index in [2.05, 4.69) is 9.97 Å². The van der Waals surface area contributed by atoms with Crippen LogP contribution in [0.2, 0.25) is 0 Å². The van der Waals surface area contributed by atoms with E-state index >= 15 is 0 Å². The second-order valence-corrected chi connectivity index (χ2v) is 4.61. The van der Waals surface area contributed by atoms with Crippen LogP contribution in [0, 0.1) is 0 Å². The number of rotatable bonds is 1. The molecule has 3 heterocycles. The molecule has 0 N–H and O–H groups in total. The summed E-state index contributed by atoms with van der Waals surface area (Å²) in [4.78, 5) is 20.9. The van der Waals surface area contributed by atoms with Crippen molar-refractivity contribution in [2.45, 2.75) is 6.42 Å². The molecule has 98 valence electrons. The summed E-state index contributed by atoms with van der Waals surface area (Å²) in [6.45, 7) is 0.522. The summed E-state index contributed by atoms with van der Waals surface area (Å²) in [5.74, 6) is 0.592. The smallest absolute Gasteiger partial charge is 0.216 e. The molecule has 0 bridgehead atoms. The molecule has 1 aliphatic heterocycles. The molecule has 1 aliphatic rings. The van der Waals surface area contributed by atoms with Gasteiger partial charge in [-0.2, -0.15) is 0 Å². The number of para-hydroxylation sites is 1. The van der Waals surface area contributed by atoms with Crippen LogP contribution < -0.4 is 10.2 Å². The van der Waals surface area contributed by atoms with Gasteiger partial charge in [0.15, 0.2) is 11.2 Å². The van der Waals surface area contributed by atoms with Gasteiger partial charge in [0.05, 0.1) is 17.9 Å². The molecule has 0 radical (unpaired) electrons. The maximum Gasteiger partial charge on any atom is 0.216 e. The molecule has 0 atom stereocenters. The van der Waals surface area contributed by atoms with Crippen LogP contribution in [-0.2, 0) is 6.42 Å². The lowest BCUT2D eigenvalue weighted by Gasteiger charge is -2.14. The van der Waals surface area contributed by atoms with Crippen molar-refractivity contribution in [1.82, 2.24) is 14.5 Å². The number of aromatic nitrogens is 3. The lowest BCUT2D eigenvalue weighted by Crippen LogP contribution is -2.15. The van der Waals surface area contributed by atoms with E-state index in [0.29, 0.717) is 35.6 Å². The summed E-state index contributed by atoms with van der Waals surface area (Å²) in [6, 6.07) is 9.75. The summed E-state index contributed by atoms with van der Waals surface area (Å²) in [5, 5.41) is 0. The number of fused-ring (bicyclic) bond motifs is 2. The predicted octanol–water partition coefficient (Wildman–Crippen LogP) is 1.72. The summed E-state index contributed by atoms with van der Waals surface area (Å²) in [6.07, 6.45) is 3.75. The molecule has 2 aromatic heterocycles. The molecule has 1 aromatic carbocycles. The van der Waals surface area contributed by atoms with Crippen molar-refractivity contribution in [3.8, 4) is 11.6 Å². The van der Waals surface area contributed by atoms with E-state index in [0.717, 1.165) is 5.69 Å². The fraction of sp³-hybridized carbons (Fsp3) is 0.133. The van der Waals surface area contributed by atoms with Gasteiger partial charge in [0.2, 0.25) is 11.3 Å². The maximum atomic E-state index is 12.4. The number of hydrogen-bond donors (Lipinski definition) is 0. The average Bonchev–Trinajstić information content (AvgIpc) is 2.98. The van der Waals surface area contributed by atoms with Crippen LogP contribution in [0.5, 0.6) is 5.88 Å². The molecule has 0 saturated heterocycles. The fourth-order valence-electron chi connectivity index (χ4n) is 2.56. The van der Waals surface area contributed by atoms with Gasteiger partial charge < -0.3 is 4.74 Å². The van der Waals surface area contributed by atoms with Crippen LogP contribution in [0.15, 0.2) is 47.5 Å². The van der Waals surface area contributed by atoms with Gasteiger partial charge in [-0.05, 0) is 12.1 Å². The van der Waals surface area contributed by atoms with Gasteiger partial charge in [-0.15, -0.1) is 0 Å². The Morgan fingerprint density at radius 3 is 2.75 bits per heavy atom. The fourth-order valence-corrected chi connectivity index (χ4v) is 2.56. The molecular formula is C15H11N3O2. The van der Waals surface area contributed by atoms with Crippen molar-refractivity contribution in [2.24, 2.45) is 0 Å². The van der Waals surface area contributed by atoms with Gasteiger partial charge in [0.25, 0.3) is 0 Å². The standard InChI is InChI=1S/C15H11N3O2/c19-13-11-6-9-20-15(11)18(10-4-2-1-3-5-10)14-12(13)16-7-8-17-14/h1-5,7-8H,6,9H2. The van der Waals surface area contributed by atoms with E-state index in [4.69, 9.17) is 4.74 Å². The Morgan fingerprint density at radius 1 is 1.10 bits per heavy atom. The Kier molecular flexibility index (Phi) is 2.32. The third-order valence-electron chi connectivity index (χ3n) is 3.45. The number of benzene rings is 1. The SMILES string of the molecule is O=c1c2c(n(-c3ccccc3)c3nccnc13)OCC2. The topological polar surface area (TPSA) is 57.0 Å². The van der Waals surface area contributed by atoms with E-state index in [1.54, 1.807) is 12.4 Å². The van der Waals surface area contributed by atoms with Crippen molar-refractivity contribution in [2.75, 3.05) is 6.61 Å². The molecule has 0 aliphatic carbocycles. The highest BCUT2D eigenvalue weighted by Gasteiger charge is 2.24. The highest BCUT2D eigenvalue weighted by molar-refractivity contribution is 5.75. The molecule has 4 rings (SSSR count). The van der Waals surface area contributed by atoms with Gasteiger partial charge in [0.1, 0.15) is 0 Å². The van der Waals surface area contributed by atoms with Crippen molar-refractivity contribution in [3.05, 3.63) is 58.5 Å². The monoisotopic (exact) mass is 265 g/mol. The van der Waals surface area contributed by atoms with Gasteiger partial charge in [-0.25, -0.2) is 9.97 Å². The summed E-state index contributed by atoms with van der Waals surface area (Å²) >= 11 is 0. The van der Waals surface area contributed by atoms with Crippen molar-refractivity contribution in [1.29, 1.82) is 0 Å². The van der Waals surface area contributed by atoms with E-state index < -0.39 is 0 Å². The van der Waals surface area contributed by atoms with Gasteiger partial charge in [-0.1, -0.05) is 18.2 Å². The van der Waals surface area contributed by atoms with Crippen LogP contribution in [0.1, 0.15) is 5.56 Å². The van der Waals surface area contributed by atoms with Crippen LogP contribution in [0.4, 0.5) is 0 Å². The molecule has 0 unspecified atom stereocenters. The minimum Gasteiger partial charge on any atom is -0.478 e. The molecule has 5 nitrogen and oxygen atoms in total. The average molecular weight is 265 g/mol. The van der Waals surface area contributed by atoms with Gasteiger partial charge >= 0.3 is 0 Å². The van der Waals surface area contributed by atoms with Crippen LogP contribution in [0.25, 0.3) is 16.9 Å². The molecule has 0 saturated carbocycles. The summed E-state index contributed by atoms with van der Waals surface area (Å²) in [7, 11) is 0. The van der Waals surface area contributed by atoms with E-state index in [1.807, 2.05) is 34.9 Å². The second kappa shape index (κ2) is 4.16. The quantitative estimate of drug-likeness (QED) is 0.672. The van der Waals surface area contributed by atoms with Crippen molar-refractivity contribution >= 4 is 11.2 Å². The zero-order valence-electron chi connectivity index (χ0n) is 10.6. The Hall–Kier alpha value is -2.69. The van der Waals surface area contributed by atoms with Crippen LogP contribution in [-0.4, -0.2) is 21.1 Å². The first-order valence-electron chi connectivity index (χ1n) is 6.43. The Balaban J connectivity index is 2.20. The van der Waals surface area contributed by atoms with Gasteiger partial charge in [-0.3, -0.25) is 9.36 Å². The van der Waals surface area contributed by atoms with E-state index in [-0.39, 0.29) is 5.43 Å². The highest BCUT2D eigenvalue weighted by Crippen LogP contribution is 2.29. The molecular weight excluding hydrogens is 254 g/mol. The number of hydrogen-bond acceptors (Lipinski definition) is 4. The minimum atomic E-state index is -0.0761. The third-order valence-corrected chi connectivity index (χ3v) is 3.45. The zero-order chi connectivity index (χ0) is 13.5. The normalized spacial score (nSPS) is 13.2. The Labute approximate surface area is 114 Å². The van der Waals surface area contributed by atoms with Crippen LogP contribution in [0.3, 0.4) is 0 Å². The first kappa shape index (κ1) is 11.2. The number of ether oxygens (including phenoxy) is 1. The maximum absolute atomic E-state index is 12.4. The molecule has 0 fully saturated rings. The predicted molar refractivity (Wildman–Crippen MR) is 74.3 cm³/mol. The highest BCUT2D eigenvalue weighted by atomic mass is 16.5. The third kappa shape index (κ3) is 1.46. The van der Waals surface area contributed by atoms with E-state index in [1.165, 1.54) is 0 Å². The lowest BCUT2D eigenvalue weighted by molar-refractivity contribution is 0.338. The first-order valence-corrected chi connectivity index (χ1v) is 6.43. The minimum absolute atomic E-state index is 0.0761. The van der Waals surface area contributed by atoms with E-state index in [9.17, 15) is 4.79 Å². The molecule has 20 heavy (non-hydrogen) atoms. The lowest BCUT2D eigenvalue weighted by atomic mass is 10.2. The largest absolute Gasteiger partial charge is 0.478 e. The van der Waals surface area contributed by atoms with Crippen molar-refractivity contribution in [3.63, 3.8) is 0 Å². The summed E-state index contributed by atoms with van der Waals surface area (Å²) < 4.78 is 7.54.